The van der Waals surface area contributed by atoms with Crippen molar-refractivity contribution in [3.8, 4) is 0 Å². The Balaban J connectivity index is 1.61. The molecule has 0 saturated carbocycles. The number of benzene rings is 4. The first-order valence-electron chi connectivity index (χ1n) is 8.32. The zero-order chi connectivity index (χ0) is 18.7. The van der Waals surface area contributed by atoms with E-state index in [0.29, 0.717) is 0 Å². The van der Waals surface area contributed by atoms with Gasteiger partial charge >= 0.3 is 10.1 Å². The van der Waals surface area contributed by atoms with Gasteiger partial charge in [-0.1, -0.05) is 66.7 Å². The first kappa shape index (κ1) is 17.2. The lowest BCUT2D eigenvalue weighted by Crippen LogP contribution is -2.15. The summed E-state index contributed by atoms with van der Waals surface area (Å²) in [7, 11) is -3.92. The molecule has 6 heteroatoms. The van der Waals surface area contributed by atoms with Gasteiger partial charge in [-0.25, -0.2) is 0 Å². The molecule has 0 radical (unpaired) electrons. The maximum absolute atomic E-state index is 12.1. The molecule has 0 aliphatic rings. The Morgan fingerprint density at radius 3 is 2.19 bits per heavy atom. The normalized spacial score (nSPS) is 12.0. The van der Waals surface area contributed by atoms with Gasteiger partial charge in [0.05, 0.1) is 11.1 Å². The van der Waals surface area contributed by atoms with Crippen molar-refractivity contribution in [2.75, 3.05) is 0 Å². The Labute approximate surface area is 157 Å². The smallest absolute Gasteiger partial charge is 0.192 e. The molecule has 0 aliphatic carbocycles. The number of fused-ring (bicyclic) bond motifs is 3. The summed E-state index contributed by atoms with van der Waals surface area (Å²) < 4.78 is 28.9. The van der Waals surface area contributed by atoms with Crippen LogP contribution in [0.5, 0.6) is 0 Å². The molecule has 1 N–H and O–H groups in total. The molecule has 0 aliphatic heterocycles. The topological polar surface area (TPSA) is 67.8 Å². The van der Waals surface area contributed by atoms with Gasteiger partial charge in [-0.15, -0.1) is 4.28 Å². The molecule has 0 amide bonds. The number of nitrogens with one attached hydrogen (secondary N) is 1. The molecule has 27 heavy (non-hydrogen) atoms. The average molecular weight is 376 g/mol. The van der Waals surface area contributed by atoms with Crippen molar-refractivity contribution in [2.45, 2.75) is 4.90 Å². The predicted octanol–water partition coefficient (Wildman–Crippen LogP) is 4.24. The van der Waals surface area contributed by atoms with E-state index in [1.165, 1.54) is 12.1 Å². The minimum atomic E-state index is -3.92. The summed E-state index contributed by atoms with van der Waals surface area (Å²) >= 11 is 0. The van der Waals surface area contributed by atoms with E-state index in [4.69, 9.17) is 4.28 Å². The number of nitrogens with zero attached hydrogens (tertiary/aromatic N) is 1. The first-order valence-corrected chi connectivity index (χ1v) is 9.73. The molecule has 4 rings (SSSR count). The molecule has 0 aromatic heterocycles. The molecule has 0 atom stereocenters. The zero-order valence-corrected chi connectivity index (χ0v) is 15.1. The van der Waals surface area contributed by atoms with E-state index in [1.54, 1.807) is 24.4 Å². The summed E-state index contributed by atoms with van der Waals surface area (Å²) in [5.41, 5.74) is 3.03. The Morgan fingerprint density at radius 1 is 0.778 bits per heavy atom. The largest absolute Gasteiger partial charge is 0.318 e. The Bertz CT molecular complexity index is 1240. The third kappa shape index (κ3) is 3.53. The van der Waals surface area contributed by atoms with Gasteiger partial charge in [0.2, 0.25) is 0 Å². The molecule has 0 saturated heterocycles. The molecule has 4 aromatic rings. The second-order valence-corrected chi connectivity index (χ2v) is 7.48. The van der Waals surface area contributed by atoms with Crippen molar-refractivity contribution >= 4 is 37.9 Å². The molecule has 0 bridgehead atoms. The second-order valence-electron chi connectivity index (χ2n) is 5.93. The van der Waals surface area contributed by atoms with Crippen LogP contribution in [0.25, 0.3) is 21.5 Å². The molecule has 134 valence electrons. The molecule has 0 spiro atoms. The minimum Gasteiger partial charge on any atom is -0.192 e. The average Bonchev–Trinajstić information content (AvgIpc) is 2.72. The van der Waals surface area contributed by atoms with E-state index in [2.05, 4.69) is 22.8 Å². The fourth-order valence-corrected chi connectivity index (χ4v) is 3.72. The lowest BCUT2D eigenvalue weighted by molar-refractivity contribution is 0.210. The minimum absolute atomic E-state index is 0.0591. The molecule has 5 nitrogen and oxygen atoms in total. The van der Waals surface area contributed by atoms with Gasteiger partial charge in [0, 0.05) is 5.56 Å². The maximum atomic E-state index is 12.1. The first-order chi connectivity index (χ1) is 13.1. The standard InChI is InChI=1S/C21H16N2O3S/c24-27(25,18-9-2-1-3-10-18)26-23-22-15-17-14-16-8-4-5-11-19(16)21-13-7-6-12-20(17)21/h1-15,23H/b22-15+. The summed E-state index contributed by atoms with van der Waals surface area (Å²) in [6, 6.07) is 26.0. The zero-order valence-electron chi connectivity index (χ0n) is 14.2. The highest BCUT2D eigenvalue weighted by Gasteiger charge is 2.14. The van der Waals surface area contributed by atoms with Crippen molar-refractivity contribution < 1.29 is 12.7 Å². The number of hydrazone groups is 1. The highest BCUT2D eigenvalue weighted by atomic mass is 32.2. The Kier molecular flexibility index (Phi) is 4.58. The van der Waals surface area contributed by atoms with Gasteiger partial charge in [-0.2, -0.15) is 19.1 Å². The van der Waals surface area contributed by atoms with Crippen LogP contribution in [-0.2, 0) is 14.4 Å². The van der Waals surface area contributed by atoms with Crippen LogP contribution in [0, 0.1) is 0 Å². The van der Waals surface area contributed by atoms with Crippen molar-refractivity contribution in [3.05, 3.63) is 90.5 Å². The predicted molar refractivity (Wildman–Crippen MR) is 107 cm³/mol. The van der Waals surface area contributed by atoms with Crippen LogP contribution in [-0.4, -0.2) is 14.6 Å². The summed E-state index contributed by atoms with van der Waals surface area (Å²) in [6.45, 7) is 0. The summed E-state index contributed by atoms with van der Waals surface area (Å²) in [6.07, 6.45) is 1.55. The molecule has 4 aromatic carbocycles. The maximum Gasteiger partial charge on any atom is 0.318 e. The van der Waals surface area contributed by atoms with Gasteiger partial charge in [0.25, 0.3) is 0 Å². The van der Waals surface area contributed by atoms with Crippen LogP contribution < -0.4 is 5.59 Å². The molecular formula is C21H16N2O3S. The van der Waals surface area contributed by atoms with Crippen molar-refractivity contribution in [1.82, 2.24) is 5.59 Å². The van der Waals surface area contributed by atoms with Gasteiger partial charge in [-0.3, -0.25) is 0 Å². The third-order valence-corrected chi connectivity index (χ3v) is 5.38. The molecular weight excluding hydrogens is 360 g/mol. The molecule has 0 unspecified atom stereocenters. The highest BCUT2D eigenvalue weighted by Crippen LogP contribution is 2.27. The van der Waals surface area contributed by atoms with Crippen LogP contribution in [0.4, 0.5) is 0 Å². The SMILES string of the molecule is O=S(=O)(ON/N=C/c1cc2ccccc2c2ccccc12)c1ccccc1. The van der Waals surface area contributed by atoms with Crippen LogP contribution in [0.2, 0.25) is 0 Å². The monoisotopic (exact) mass is 376 g/mol. The lowest BCUT2D eigenvalue weighted by Gasteiger charge is -2.07. The van der Waals surface area contributed by atoms with Crippen LogP contribution >= 0.6 is 0 Å². The van der Waals surface area contributed by atoms with E-state index >= 15 is 0 Å². The van der Waals surface area contributed by atoms with Crippen LogP contribution in [0.3, 0.4) is 0 Å². The van der Waals surface area contributed by atoms with Gasteiger partial charge in [0.15, 0.2) is 0 Å². The Hall–Kier alpha value is -3.22. The van der Waals surface area contributed by atoms with Crippen molar-refractivity contribution in [2.24, 2.45) is 5.10 Å². The van der Waals surface area contributed by atoms with E-state index in [9.17, 15) is 8.42 Å². The fourth-order valence-electron chi connectivity index (χ4n) is 2.99. The van der Waals surface area contributed by atoms with Gasteiger partial charge < -0.3 is 0 Å². The summed E-state index contributed by atoms with van der Waals surface area (Å²) in [5, 5.41) is 8.29. The van der Waals surface area contributed by atoms with Crippen LogP contribution in [0.1, 0.15) is 5.56 Å². The van der Waals surface area contributed by atoms with Crippen molar-refractivity contribution in [1.29, 1.82) is 0 Å². The molecule has 0 fully saturated rings. The number of hydrogen-bond acceptors (Lipinski definition) is 5. The number of hydrogen-bond donors (Lipinski definition) is 1. The second kappa shape index (κ2) is 7.19. The summed E-state index contributed by atoms with van der Waals surface area (Å²) in [4.78, 5) is 0.0591. The van der Waals surface area contributed by atoms with Gasteiger partial charge in [-0.05, 0) is 39.7 Å². The number of rotatable bonds is 5. The van der Waals surface area contributed by atoms with E-state index in [-0.39, 0.29) is 4.90 Å². The summed E-state index contributed by atoms with van der Waals surface area (Å²) in [5.74, 6) is 0. The van der Waals surface area contributed by atoms with E-state index in [1.807, 2.05) is 42.5 Å². The molecule has 0 heterocycles. The fraction of sp³-hybridized carbons (Fsp3) is 0. The van der Waals surface area contributed by atoms with E-state index in [0.717, 1.165) is 27.1 Å². The third-order valence-electron chi connectivity index (χ3n) is 4.24. The lowest BCUT2D eigenvalue weighted by atomic mass is 9.98. The van der Waals surface area contributed by atoms with Crippen molar-refractivity contribution in [3.63, 3.8) is 0 Å². The Morgan fingerprint density at radius 2 is 1.41 bits per heavy atom. The quantitative estimate of drug-likeness (QED) is 0.321. The van der Waals surface area contributed by atoms with Crippen LogP contribution in [0.15, 0.2) is 94.9 Å². The van der Waals surface area contributed by atoms with Gasteiger partial charge in [0.1, 0.15) is 0 Å². The van der Waals surface area contributed by atoms with E-state index < -0.39 is 10.1 Å². The highest BCUT2D eigenvalue weighted by molar-refractivity contribution is 7.86.